The van der Waals surface area contributed by atoms with E-state index in [0.29, 0.717) is 11.4 Å². The van der Waals surface area contributed by atoms with Gasteiger partial charge < -0.3 is 10.1 Å². The van der Waals surface area contributed by atoms with Crippen LogP contribution in [0.4, 0.5) is 11.4 Å². The zero-order valence-corrected chi connectivity index (χ0v) is 17.3. The van der Waals surface area contributed by atoms with Crippen molar-refractivity contribution in [3.63, 3.8) is 0 Å². The lowest BCUT2D eigenvalue weighted by Crippen LogP contribution is -2.18. The molecule has 5 heteroatoms. The predicted molar refractivity (Wildman–Crippen MR) is 126 cm³/mol. The van der Waals surface area contributed by atoms with Crippen LogP contribution in [0, 0.1) is 0 Å². The van der Waals surface area contributed by atoms with Crippen molar-refractivity contribution < 1.29 is 9.53 Å². The predicted octanol–water partition coefficient (Wildman–Crippen LogP) is 6.05. The Kier molecular flexibility index (Phi) is 5.37. The van der Waals surface area contributed by atoms with E-state index in [4.69, 9.17) is 4.74 Å². The summed E-state index contributed by atoms with van der Waals surface area (Å²) in [5.41, 5.74) is 3.70. The molecule has 0 spiro atoms. The lowest BCUT2D eigenvalue weighted by molar-refractivity contribution is 0.0957. The van der Waals surface area contributed by atoms with Crippen LogP contribution in [0.5, 0.6) is 5.75 Å². The number of hydrogen-bond acceptors (Lipinski definition) is 4. The molecule has 0 saturated heterocycles. The molecular weight excluding hydrogens is 398 g/mol. The Morgan fingerprint density at radius 2 is 1.44 bits per heavy atom. The fraction of sp³-hybridized carbons (Fsp3) is 0.0370. The van der Waals surface area contributed by atoms with E-state index in [-0.39, 0.29) is 12.5 Å². The third kappa shape index (κ3) is 3.96. The highest BCUT2D eigenvalue weighted by Gasteiger charge is 2.21. The average molecular weight is 419 g/mol. The van der Waals surface area contributed by atoms with Crippen LogP contribution in [-0.2, 0) is 6.61 Å². The molecule has 0 unspecified atom stereocenters. The van der Waals surface area contributed by atoms with Gasteiger partial charge in [0.2, 0.25) is 0 Å². The molecule has 5 aromatic rings. The number of nitrogens with one attached hydrogen (secondary N) is 1. The van der Waals surface area contributed by atoms with Gasteiger partial charge in [-0.25, -0.2) is 4.98 Å². The number of fused-ring (bicyclic) bond motifs is 1. The quantitative estimate of drug-likeness (QED) is 0.364. The van der Waals surface area contributed by atoms with Gasteiger partial charge >= 0.3 is 0 Å². The van der Waals surface area contributed by atoms with E-state index in [2.05, 4.69) is 10.3 Å². The summed E-state index contributed by atoms with van der Waals surface area (Å²) in [6, 6.07) is 34.4. The van der Waals surface area contributed by atoms with E-state index in [9.17, 15) is 4.79 Å². The van der Waals surface area contributed by atoms with Crippen molar-refractivity contribution in [2.45, 2.75) is 6.61 Å². The van der Waals surface area contributed by atoms with Gasteiger partial charge in [-0.2, -0.15) is 0 Å². The molecule has 0 aliphatic heterocycles. The first-order valence-electron chi connectivity index (χ1n) is 10.4. The number of hydrogen-bond donors (Lipinski definition) is 1. The summed E-state index contributed by atoms with van der Waals surface area (Å²) < 4.78 is 7.57. The molecular formula is C27H21N3O2. The summed E-state index contributed by atoms with van der Waals surface area (Å²) in [6.45, 7) is 0.179. The summed E-state index contributed by atoms with van der Waals surface area (Å²) in [4.78, 5) is 18.5. The average Bonchev–Trinajstić information content (AvgIpc) is 3.22. The Labute approximate surface area is 185 Å². The van der Waals surface area contributed by atoms with Crippen molar-refractivity contribution >= 4 is 28.3 Å². The molecule has 0 aliphatic rings. The molecule has 0 saturated carbocycles. The lowest BCUT2D eigenvalue weighted by Gasteiger charge is -2.14. The SMILES string of the molecule is O=C(c1ccccc1Nc1ccccc1)n1c(COc2ccccc2)nc2ccccc21. The first-order chi connectivity index (χ1) is 15.8. The number of benzene rings is 4. The Morgan fingerprint density at radius 1 is 0.781 bits per heavy atom. The Bertz CT molecular complexity index is 1360. The minimum Gasteiger partial charge on any atom is -0.486 e. The van der Waals surface area contributed by atoms with Crippen LogP contribution in [0.1, 0.15) is 16.2 Å². The minimum atomic E-state index is -0.163. The number of rotatable bonds is 6. The summed E-state index contributed by atoms with van der Waals surface area (Å²) in [5, 5.41) is 3.35. The van der Waals surface area contributed by atoms with Crippen molar-refractivity contribution in [2.75, 3.05) is 5.32 Å². The molecule has 32 heavy (non-hydrogen) atoms. The fourth-order valence-corrected chi connectivity index (χ4v) is 3.64. The molecule has 1 aromatic heterocycles. The first-order valence-corrected chi connectivity index (χ1v) is 10.4. The Morgan fingerprint density at radius 3 is 2.25 bits per heavy atom. The maximum atomic E-state index is 13.8. The molecule has 156 valence electrons. The maximum absolute atomic E-state index is 13.8. The molecule has 5 nitrogen and oxygen atoms in total. The minimum absolute atomic E-state index is 0.163. The van der Waals surface area contributed by atoms with Crippen molar-refractivity contribution in [1.29, 1.82) is 0 Å². The molecule has 0 bridgehead atoms. The largest absolute Gasteiger partial charge is 0.486 e. The Balaban J connectivity index is 1.54. The number of carbonyl (C=O) groups excluding carboxylic acids is 1. The number of anilines is 2. The van der Waals surface area contributed by atoms with Gasteiger partial charge in [0, 0.05) is 5.69 Å². The van der Waals surface area contributed by atoms with Crippen LogP contribution in [0.15, 0.2) is 109 Å². The number of ether oxygens (including phenoxy) is 1. The van der Waals surface area contributed by atoms with Gasteiger partial charge in [0.1, 0.15) is 12.4 Å². The standard InChI is InChI=1S/C27H21N3O2/c31-27(22-15-7-8-16-23(22)28-20-11-3-1-4-12-20)30-25-18-10-9-17-24(25)29-26(30)19-32-21-13-5-2-6-14-21/h1-18,28H,19H2. The number of nitrogens with zero attached hydrogens (tertiary/aromatic N) is 2. The lowest BCUT2D eigenvalue weighted by atomic mass is 10.1. The van der Waals surface area contributed by atoms with E-state index in [1.807, 2.05) is 109 Å². The molecule has 0 radical (unpaired) electrons. The molecule has 5 rings (SSSR count). The third-order valence-corrected chi connectivity index (χ3v) is 5.15. The molecule has 0 fully saturated rings. The number of para-hydroxylation sites is 5. The summed E-state index contributed by atoms with van der Waals surface area (Å²) in [6.07, 6.45) is 0. The normalized spacial score (nSPS) is 10.8. The van der Waals surface area contributed by atoms with Gasteiger partial charge in [0.05, 0.1) is 22.3 Å². The summed E-state index contributed by atoms with van der Waals surface area (Å²) in [7, 11) is 0. The van der Waals surface area contributed by atoms with Crippen LogP contribution in [0.3, 0.4) is 0 Å². The van der Waals surface area contributed by atoms with Crippen LogP contribution < -0.4 is 10.1 Å². The molecule has 0 atom stereocenters. The smallest absolute Gasteiger partial charge is 0.266 e. The zero-order valence-electron chi connectivity index (χ0n) is 17.3. The van der Waals surface area contributed by atoms with Crippen molar-refractivity contribution in [3.05, 3.63) is 121 Å². The number of aromatic nitrogens is 2. The monoisotopic (exact) mass is 419 g/mol. The summed E-state index contributed by atoms with van der Waals surface area (Å²) in [5.74, 6) is 1.11. The van der Waals surface area contributed by atoms with Crippen LogP contribution >= 0.6 is 0 Å². The van der Waals surface area contributed by atoms with E-state index in [1.54, 1.807) is 4.57 Å². The number of carbonyl (C=O) groups is 1. The highest BCUT2D eigenvalue weighted by Crippen LogP contribution is 2.25. The third-order valence-electron chi connectivity index (χ3n) is 5.15. The van der Waals surface area contributed by atoms with Gasteiger partial charge in [0.15, 0.2) is 5.82 Å². The molecule has 0 aliphatic carbocycles. The van der Waals surface area contributed by atoms with E-state index >= 15 is 0 Å². The van der Waals surface area contributed by atoms with Crippen molar-refractivity contribution in [2.24, 2.45) is 0 Å². The van der Waals surface area contributed by atoms with Gasteiger partial charge in [-0.1, -0.05) is 60.7 Å². The van der Waals surface area contributed by atoms with Gasteiger partial charge in [-0.3, -0.25) is 9.36 Å². The van der Waals surface area contributed by atoms with Crippen LogP contribution in [0.2, 0.25) is 0 Å². The molecule has 0 amide bonds. The summed E-state index contributed by atoms with van der Waals surface area (Å²) >= 11 is 0. The highest BCUT2D eigenvalue weighted by molar-refractivity contribution is 6.05. The topological polar surface area (TPSA) is 56.2 Å². The van der Waals surface area contributed by atoms with Crippen LogP contribution in [-0.4, -0.2) is 15.5 Å². The van der Waals surface area contributed by atoms with Gasteiger partial charge in [0.25, 0.3) is 5.91 Å². The second-order valence-corrected chi connectivity index (χ2v) is 7.30. The molecule has 1 N–H and O–H groups in total. The Hall–Kier alpha value is -4.38. The second kappa shape index (κ2) is 8.78. The zero-order chi connectivity index (χ0) is 21.8. The second-order valence-electron chi connectivity index (χ2n) is 7.30. The van der Waals surface area contributed by atoms with Crippen LogP contribution in [0.25, 0.3) is 11.0 Å². The first kappa shape index (κ1) is 19.6. The highest BCUT2D eigenvalue weighted by atomic mass is 16.5. The van der Waals surface area contributed by atoms with Gasteiger partial charge in [-0.05, 0) is 48.5 Å². The van der Waals surface area contributed by atoms with Gasteiger partial charge in [-0.15, -0.1) is 0 Å². The van der Waals surface area contributed by atoms with E-state index < -0.39 is 0 Å². The van der Waals surface area contributed by atoms with E-state index in [1.165, 1.54) is 0 Å². The number of imidazole rings is 1. The molecule has 1 heterocycles. The fourth-order valence-electron chi connectivity index (χ4n) is 3.64. The van der Waals surface area contributed by atoms with Crippen molar-refractivity contribution in [3.8, 4) is 5.75 Å². The van der Waals surface area contributed by atoms with Crippen molar-refractivity contribution in [1.82, 2.24) is 9.55 Å². The maximum Gasteiger partial charge on any atom is 0.266 e. The van der Waals surface area contributed by atoms with E-state index in [0.717, 1.165) is 28.2 Å². The molecule has 4 aromatic carbocycles.